The van der Waals surface area contributed by atoms with Gasteiger partial charge >= 0.3 is 0 Å². The number of aryl methyl sites for hydroxylation is 1. The third-order valence-corrected chi connectivity index (χ3v) is 6.75. The van der Waals surface area contributed by atoms with E-state index in [2.05, 4.69) is 46.4 Å². The van der Waals surface area contributed by atoms with Crippen LogP contribution in [0.15, 0.2) is 53.3 Å². The monoisotopic (exact) mass is 545 g/mol. The van der Waals surface area contributed by atoms with E-state index < -0.39 is 0 Å². The molecule has 0 atom stereocenters. The van der Waals surface area contributed by atoms with E-state index in [0.717, 1.165) is 32.7 Å². The summed E-state index contributed by atoms with van der Waals surface area (Å²) in [4.78, 5) is 34.1. The average molecular weight is 547 g/mol. The zero-order valence-corrected chi connectivity index (χ0v) is 21.0. The molecule has 2 aromatic heterocycles. The number of carbonyl (C=O) groups excluding carboxylic acids is 2. The van der Waals surface area contributed by atoms with E-state index in [9.17, 15) is 9.59 Å². The molecule has 0 aliphatic carbocycles. The number of hydrogen-bond donors (Lipinski definition) is 2. The fraction of sp³-hybridized carbons (Fsp3) is 0.304. The fourth-order valence-corrected chi connectivity index (χ4v) is 4.63. The lowest BCUT2D eigenvalue weighted by atomic mass is 10.2. The van der Waals surface area contributed by atoms with Crippen molar-refractivity contribution >= 4 is 50.9 Å². The van der Waals surface area contributed by atoms with Crippen LogP contribution in [-0.2, 0) is 7.05 Å². The molecule has 4 rings (SSSR count). The maximum Gasteiger partial charge on any atom is 0.273 e. The lowest BCUT2D eigenvalue weighted by Gasteiger charge is -2.36. The molecular weight excluding hydrogens is 522 g/mol. The van der Waals surface area contributed by atoms with Gasteiger partial charge in [-0.2, -0.15) is 5.10 Å². The highest BCUT2D eigenvalue weighted by Gasteiger charge is 2.23. The first kappa shape index (κ1) is 24.2. The molecule has 178 valence electrons. The Morgan fingerprint density at radius 1 is 1.06 bits per heavy atom. The quantitative estimate of drug-likeness (QED) is 0.473. The fourth-order valence-electron chi connectivity index (χ4n) is 3.80. The molecule has 2 N–H and O–H groups in total. The second-order valence-electron chi connectivity index (χ2n) is 7.86. The average Bonchev–Trinajstić information content (AvgIpc) is 3.13. The summed E-state index contributed by atoms with van der Waals surface area (Å²) in [6.07, 6.45) is 3.61. The van der Waals surface area contributed by atoms with Crippen LogP contribution in [0.2, 0.25) is 5.02 Å². The molecule has 11 heteroatoms. The number of rotatable bonds is 7. The van der Waals surface area contributed by atoms with E-state index in [1.54, 1.807) is 43.7 Å². The van der Waals surface area contributed by atoms with Gasteiger partial charge in [0.25, 0.3) is 11.8 Å². The summed E-state index contributed by atoms with van der Waals surface area (Å²) in [6.45, 7) is 4.94. The molecule has 2 amide bonds. The van der Waals surface area contributed by atoms with Gasteiger partial charge < -0.3 is 15.5 Å². The van der Waals surface area contributed by atoms with Gasteiger partial charge in [-0.25, -0.2) is 0 Å². The van der Waals surface area contributed by atoms with E-state index in [-0.39, 0.29) is 17.5 Å². The smallest absolute Gasteiger partial charge is 0.273 e. The van der Waals surface area contributed by atoms with Gasteiger partial charge in [-0.1, -0.05) is 23.7 Å². The first-order valence-electron chi connectivity index (χ1n) is 10.9. The van der Waals surface area contributed by atoms with Crippen LogP contribution in [0.3, 0.4) is 0 Å². The van der Waals surface area contributed by atoms with Crippen LogP contribution in [-0.4, -0.2) is 70.7 Å². The number of pyridine rings is 1. The zero-order chi connectivity index (χ0) is 24.1. The molecule has 0 radical (unpaired) electrons. The summed E-state index contributed by atoms with van der Waals surface area (Å²) in [7, 11) is 1.66. The van der Waals surface area contributed by atoms with Crippen molar-refractivity contribution in [3.8, 4) is 0 Å². The lowest BCUT2D eigenvalue weighted by molar-refractivity contribution is 0.0940. The Kier molecular flexibility index (Phi) is 7.81. The van der Waals surface area contributed by atoms with Crippen molar-refractivity contribution < 1.29 is 9.59 Å². The van der Waals surface area contributed by atoms with Crippen molar-refractivity contribution in [2.24, 2.45) is 7.05 Å². The van der Waals surface area contributed by atoms with Gasteiger partial charge in [0, 0.05) is 64.4 Å². The van der Waals surface area contributed by atoms with Crippen molar-refractivity contribution in [1.82, 2.24) is 25.0 Å². The van der Waals surface area contributed by atoms with Gasteiger partial charge in [-0.3, -0.25) is 24.2 Å². The minimum absolute atomic E-state index is 0.208. The van der Waals surface area contributed by atoms with E-state index in [1.807, 2.05) is 12.1 Å². The van der Waals surface area contributed by atoms with Gasteiger partial charge in [0.05, 0.1) is 15.1 Å². The largest absolute Gasteiger partial charge is 0.369 e. The Balaban J connectivity index is 1.28. The molecule has 3 heterocycles. The summed E-state index contributed by atoms with van der Waals surface area (Å²) in [5.41, 5.74) is 1.73. The van der Waals surface area contributed by atoms with Crippen LogP contribution < -0.4 is 15.5 Å². The summed E-state index contributed by atoms with van der Waals surface area (Å²) in [6, 6.07) is 10.8. The molecule has 0 unspecified atom stereocenters. The van der Waals surface area contributed by atoms with E-state index in [0.29, 0.717) is 27.4 Å². The number of nitrogens with zero attached hydrogens (tertiary/aromatic N) is 5. The lowest BCUT2D eigenvalue weighted by Crippen LogP contribution is -2.48. The zero-order valence-electron chi connectivity index (χ0n) is 18.7. The minimum atomic E-state index is -0.382. The number of piperazine rings is 1. The maximum atomic E-state index is 12.7. The van der Waals surface area contributed by atoms with Gasteiger partial charge in [0.15, 0.2) is 5.69 Å². The van der Waals surface area contributed by atoms with Crippen LogP contribution in [0.4, 0.5) is 11.5 Å². The van der Waals surface area contributed by atoms with Crippen LogP contribution in [0, 0.1) is 0 Å². The van der Waals surface area contributed by atoms with Crippen LogP contribution >= 0.6 is 27.5 Å². The molecule has 3 aromatic rings. The standard InChI is InChI=1S/C23H25BrClN7O2/c1-30-21(28-22(33)17-4-2-3-5-18(17)25)19(24)20(29-30)23(34)27-10-11-31-12-14-32(15-13-31)16-6-8-26-9-7-16/h2-9H,10-15H2,1H3,(H,27,34)(H,28,33). The van der Waals surface area contributed by atoms with Gasteiger partial charge in [0.2, 0.25) is 0 Å². The van der Waals surface area contributed by atoms with Crippen LogP contribution in [0.1, 0.15) is 20.8 Å². The molecule has 0 spiro atoms. The molecule has 1 saturated heterocycles. The Labute approximate surface area is 211 Å². The Bertz CT molecular complexity index is 1160. The minimum Gasteiger partial charge on any atom is -0.369 e. The Hall–Kier alpha value is -2.95. The number of benzene rings is 1. The van der Waals surface area contributed by atoms with Crippen LogP contribution in [0.25, 0.3) is 0 Å². The molecule has 1 aliphatic rings. The number of hydrogen-bond acceptors (Lipinski definition) is 6. The van der Waals surface area contributed by atoms with Crippen molar-refractivity contribution in [2.75, 3.05) is 49.5 Å². The third kappa shape index (κ3) is 5.57. The number of aromatic nitrogens is 3. The summed E-state index contributed by atoms with van der Waals surface area (Å²) in [5.74, 6) is -0.314. The van der Waals surface area contributed by atoms with Crippen molar-refractivity contribution in [3.05, 3.63) is 69.5 Å². The van der Waals surface area contributed by atoms with Gasteiger partial charge in [-0.05, 0) is 40.2 Å². The topological polar surface area (TPSA) is 95.4 Å². The highest BCUT2D eigenvalue weighted by molar-refractivity contribution is 9.10. The highest BCUT2D eigenvalue weighted by atomic mass is 79.9. The molecule has 1 aromatic carbocycles. The molecule has 0 bridgehead atoms. The van der Waals surface area contributed by atoms with Crippen molar-refractivity contribution in [3.63, 3.8) is 0 Å². The molecular formula is C23H25BrClN7O2. The first-order chi connectivity index (χ1) is 16.4. The number of carbonyl (C=O) groups is 2. The van der Waals surface area contributed by atoms with Crippen molar-refractivity contribution in [2.45, 2.75) is 0 Å². The first-order valence-corrected chi connectivity index (χ1v) is 12.0. The van der Waals surface area contributed by atoms with E-state index in [4.69, 9.17) is 11.6 Å². The maximum absolute atomic E-state index is 12.7. The molecule has 0 saturated carbocycles. The second kappa shape index (κ2) is 11.0. The molecule has 1 aliphatic heterocycles. The predicted molar refractivity (Wildman–Crippen MR) is 136 cm³/mol. The normalized spacial score (nSPS) is 14.1. The molecule has 1 fully saturated rings. The SMILES string of the molecule is Cn1nc(C(=O)NCCN2CCN(c3ccncc3)CC2)c(Br)c1NC(=O)c1ccccc1Cl. The number of anilines is 2. The molecule has 34 heavy (non-hydrogen) atoms. The second-order valence-corrected chi connectivity index (χ2v) is 9.06. The Morgan fingerprint density at radius 2 is 1.76 bits per heavy atom. The van der Waals surface area contributed by atoms with Crippen molar-refractivity contribution in [1.29, 1.82) is 0 Å². The summed E-state index contributed by atoms with van der Waals surface area (Å²) < 4.78 is 1.87. The summed E-state index contributed by atoms with van der Waals surface area (Å²) in [5, 5.41) is 10.3. The highest BCUT2D eigenvalue weighted by Crippen LogP contribution is 2.27. The third-order valence-electron chi connectivity index (χ3n) is 5.67. The predicted octanol–water partition coefficient (Wildman–Crippen LogP) is 3.04. The Morgan fingerprint density at radius 3 is 2.47 bits per heavy atom. The van der Waals surface area contributed by atoms with Gasteiger partial charge in [0.1, 0.15) is 5.82 Å². The number of halogens is 2. The molecule has 9 nitrogen and oxygen atoms in total. The number of nitrogens with one attached hydrogen (secondary N) is 2. The number of amides is 2. The van der Waals surface area contributed by atoms with E-state index in [1.165, 1.54) is 10.4 Å². The summed E-state index contributed by atoms with van der Waals surface area (Å²) >= 11 is 9.52. The van der Waals surface area contributed by atoms with E-state index >= 15 is 0 Å². The van der Waals surface area contributed by atoms with Crippen LogP contribution in [0.5, 0.6) is 0 Å². The van der Waals surface area contributed by atoms with Gasteiger partial charge in [-0.15, -0.1) is 0 Å².